The van der Waals surface area contributed by atoms with Crippen LogP contribution in [0.5, 0.6) is 11.5 Å². The molecule has 0 amide bonds. The van der Waals surface area contributed by atoms with E-state index in [1.165, 1.54) is 48.5 Å². The van der Waals surface area contributed by atoms with Gasteiger partial charge in [-0.15, -0.1) is 0 Å². The van der Waals surface area contributed by atoms with E-state index >= 15 is 0 Å². The van der Waals surface area contributed by atoms with Crippen LogP contribution in [0.1, 0.15) is 37.8 Å². The molecule has 1 saturated carbocycles. The minimum Gasteiger partial charge on any atom is -0.489 e. The summed E-state index contributed by atoms with van der Waals surface area (Å²) in [6.07, 6.45) is 6.47. The number of pyridine rings is 1. The summed E-state index contributed by atoms with van der Waals surface area (Å²) in [5.74, 6) is 6.63. The quantitative estimate of drug-likeness (QED) is 0.198. The Morgan fingerprint density at radius 1 is 1.15 bits per heavy atom. The molecule has 1 heterocycles. The van der Waals surface area contributed by atoms with Crippen molar-refractivity contribution in [2.75, 3.05) is 13.7 Å². The Bertz CT molecular complexity index is 985. The van der Waals surface area contributed by atoms with Crippen LogP contribution in [0.15, 0.2) is 48.3 Å². The lowest BCUT2D eigenvalue weighted by Gasteiger charge is -2.23. The molecular weight excluding hydrogens is 430 g/mol. The molecule has 11 nitrogen and oxygen atoms in total. The summed E-state index contributed by atoms with van der Waals surface area (Å²) in [4.78, 5) is 26.5. The Morgan fingerprint density at radius 2 is 1.82 bits per heavy atom. The summed E-state index contributed by atoms with van der Waals surface area (Å²) in [6, 6.07) is 8.52. The zero-order valence-electron chi connectivity index (χ0n) is 18.3. The highest BCUT2D eigenvalue weighted by Crippen LogP contribution is 2.24. The van der Waals surface area contributed by atoms with Crippen LogP contribution in [0.3, 0.4) is 0 Å². The smallest absolute Gasteiger partial charge is 0.489 e. The van der Waals surface area contributed by atoms with E-state index in [9.17, 15) is 14.9 Å². The molecule has 1 aliphatic rings. The van der Waals surface area contributed by atoms with Gasteiger partial charge in [-0.25, -0.2) is 10.6 Å². The van der Waals surface area contributed by atoms with Gasteiger partial charge in [-0.1, -0.05) is 6.42 Å². The first-order valence-electron chi connectivity index (χ1n) is 10.5. The Kier molecular flexibility index (Phi) is 8.03. The van der Waals surface area contributed by atoms with E-state index < -0.39 is 11.1 Å². The maximum atomic E-state index is 12.0. The lowest BCUT2D eigenvalue weighted by molar-refractivity contribution is -0.384. The van der Waals surface area contributed by atoms with E-state index in [1.54, 1.807) is 25.4 Å². The van der Waals surface area contributed by atoms with E-state index in [1.807, 2.05) is 0 Å². The molecule has 0 unspecified atom stereocenters. The zero-order chi connectivity index (χ0) is 23.8. The molecule has 2 aromatic rings. The van der Waals surface area contributed by atoms with Crippen molar-refractivity contribution in [2.24, 2.45) is 11.6 Å². The number of nitrogens with two attached hydrogens (primary N) is 2. The molecule has 3 rings (SSSR count). The highest BCUT2D eigenvalue weighted by molar-refractivity contribution is 5.66. The van der Waals surface area contributed by atoms with Crippen LogP contribution in [-0.4, -0.2) is 40.8 Å². The summed E-state index contributed by atoms with van der Waals surface area (Å²) in [5.41, 5.74) is 7.08. The van der Waals surface area contributed by atoms with Gasteiger partial charge in [0.2, 0.25) is 0 Å². The third-order valence-electron chi connectivity index (χ3n) is 5.18. The molecule has 176 valence electrons. The normalized spacial score (nSPS) is 14.7. The Labute approximate surface area is 191 Å². The molecule has 0 radical (unpaired) electrons. The summed E-state index contributed by atoms with van der Waals surface area (Å²) >= 11 is 0. The Morgan fingerprint density at radius 3 is 2.39 bits per heavy atom. The minimum absolute atomic E-state index is 0.0976. The number of nitro benzene ring substituents is 1. The van der Waals surface area contributed by atoms with E-state index in [4.69, 9.17) is 25.8 Å². The van der Waals surface area contributed by atoms with Crippen molar-refractivity contribution in [2.45, 2.75) is 38.2 Å². The molecule has 0 aliphatic heterocycles. The number of ether oxygens (including phenoxy) is 3. The fourth-order valence-corrected chi connectivity index (χ4v) is 3.39. The number of hydrogen-bond donors (Lipinski definition) is 2. The van der Waals surface area contributed by atoms with Gasteiger partial charge < -0.3 is 25.0 Å². The average Bonchev–Trinajstić information content (AvgIpc) is 2.80. The zero-order valence-corrected chi connectivity index (χ0v) is 18.3. The van der Waals surface area contributed by atoms with Gasteiger partial charge in [0.1, 0.15) is 18.1 Å². The first kappa shape index (κ1) is 23.8. The number of aromatic nitrogens is 1. The van der Waals surface area contributed by atoms with E-state index in [0.29, 0.717) is 17.1 Å². The molecule has 0 bridgehead atoms. The summed E-state index contributed by atoms with van der Waals surface area (Å²) in [6.45, 7) is -0.271. The van der Waals surface area contributed by atoms with Crippen molar-refractivity contribution < 1.29 is 23.9 Å². The molecule has 0 atom stereocenters. The number of rotatable bonds is 8. The number of nitrogens with zero attached hydrogens (tertiary/aromatic N) is 3. The lowest BCUT2D eigenvalue weighted by Crippen LogP contribution is -2.31. The standard InChI is InChI=1S/C22H27N5O6/c1-26(24)20(14-31-22(28)33-17-9-7-15(8-10-17)27(29)30)21(23)19-12-11-18(13-25-19)32-16-5-3-2-4-6-16/h7-13,16H,2-6,14,23-24H2,1H3/b21-20-. The fraction of sp³-hybridized carbons (Fsp3) is 0.364. The predicted molar refractivity (Wildman–Crippen MR) is 120 cm³/mol. The number of benzene rings is 1. The van der Waals surface area contributed by atoms with Crippen LogP contribution in [0.2, 0.25) is 0 Å². The molecule has 1 aromatic carbocycles. The SMILES string of the molecule is CN(N)/C(COC(=O)Oc1ccc([N+](=O)[O-])cc1)=C(\N)c1ccc(OC2CCCCC2)cn1. The highest BCUT2D eigenvalue weighted by Gasteiger charge is 2.17. The molecule has 4 N–H and O–H groups in total. The molecule has 33 heavy (non-hydrogen) atoms. The highest BCUT2D eigenvalue weighted by atomic mass is 16.7. The fourth-order valence-electron chi connectivity index (χ4n) is 3.39. The number of non-ortho nitro benzene ring substituents is 1. The number of hydrogen-bond acceptors (Lipinski definition) is 10. The molecule has 11 heteroatoms. The second kappa shape index (κ2) is 11.1. The van der Waals surface area contributed by atoms with Crippen LogP contribution < -0.4 is 21.1 Å². The maximum Gasteiger partial charge on any atom is 0.514 e. The third kappa shape index (κ3) is 6.81. The Balaban J connectivity index is 1.61. The molecule has 0 saturated heterocycles. The predicted octanol–water partition coefficient (Wildman–Crippen LogP) is 3.35. The van der Waals surface area contributed by atoms with E-state index in [0.717, 1.165) is 12.8 Å². The Hall–Kier alpha value is -3.86. The molecule has 1 fully saturated rings. The second-order valence-electron chi connectivity index (χ2n) is 7.62. The minimum atomic E-state index is -1.01. The van der Waals surface area contributed by atoms with Gasteiger partial charge in [0.15, 0.2) is 0 Å². The van der Waals surface area contributed by atoms with Crippen molar-refractivity contribution in [3.05, 3.63) is 64.1 Å². The van der Waals surface area contributed by atoms with Crippen LogP contribution >= 0.6 is 0 Å². The molecular formula is C22H27N5O6. The maximum absolute atomic E-state index is 12.0. The van der Waals surface area contributed by atoms with Crippen LogP contribution in [0.4, 0.5) is 10.5 Å². The van der Waals surface area contributed by atoms with Crippen LogP contribution in [0, 0.1) is 10.1 Å². The molecule has 0 spiro atoms. The van der Waals surface area contributed by atoms with E-state index in [-0.39, 0.29) is 29.8 Å². The summed E-state index contributed by atoms with van der Waals surface area (Å²) in [5, 5.41) is 11.9. The largest absolute Gasteiger partial charge is 0.514 e. The van der Waals surface area contributed by atoms with Gasteiger partial charge >= 0.3 is 6.16 Å². The van der Waals surface area contributed by atoms with Gasteiger partial charge in [0, 0.05) is 19.2 Å². The number of likely N-dealkylation sites (N-methyl/N-ethyl adjacent to an activating group) is 1. The van der Waals surface area contributed by atoms with E-state index in [2.05, 4.69) is 4.98 Å². The summed E-state index contributed by atoms with van der Waals surface area (Å²) in [7, 11) is 1.55. The van der Waals surface area contributed by atoms with Crippen molar-refractivity contribution in [3.8, 4) is 11.5 Å². The number of nitro groups is 1. The van der Waals surface area contributed by atoms with Crippen LogP contribution in [-0.2, 0) is 4.74 Å². The van der Waals surface area contributed by atoms with Crippen molar-refractivity contribution >= 4 is 17.5 Å². The van der Waals surface area contributed by atoms with Gasteiger partial charge in [-0.05, 0) is 49.9 Å². The van der Waals surface area contributed by atoms with Crippen LogP contribution in [0.25, 0.3) is 5.70 Å². The van der Waals surface area contributed by atoms with Gasteiger partial charge in [-0.3, -0.25) is 15.1 Å². The summed E-state index contributed by atoms with van der Waals surface area (Å²) < 4.78 is 16.1. The van der Waals surface area contributed by atoms with Gasteiger partial charge in [0.05, 0.1) is 34.3 Å². The molecule has 1 aromatic heterocycles. The second-order valence-corrected chi connectivity index (χ2v) is 7.62. The first-order valence-corrected chi connectivity index (χ1v) is 10.5. The average molecular weight is 457 g/mol. The number of carbonyl (C=O) groups is 1. The van der Waals surface area contributed by atoms with Crippen molar-refractivity contribution in [3.63, 3.8) is 0 Å². The van der Waals surface area contributed by atoms with Gasteiger partial charge in [-0.2, -0.15) is 0 Å². The monoisotopic (exact) mass is 457 g/mol. The third-order valence-corrected chi connectivity index (χ3v) is 5.18. The lowest BCUT2D eigenvalue weighted by atomic mass is 9.98. The number of hydrazine groups is 1. The van der Waals surface area contributed by atoms with Crippen molar-refractivity contribution in [1.29, 1.82) is 0 Å². The topological polar surface area (TPSA) is 156 Å². The van der Waals surface area contributed by atoms with Crippen molar-refractivity contribution in [1.82, 2.24) is 9.99 Å². The van der Waals surface area contributed by atoms with Gasteiger partial charge in [0.25, 0.3) is 5.69 Å². The molecule has 1 aliphatic carbocycles. The number of carbonyl (C=O) groups excluding carboxylic acids is 1. The first-order chi connectivity index (χ1) is 15.8.